The molecule has 0 radical (unpaired) electrons. The third kappa shape index (κ3) is 11.6. The summed E-state index contributed by atoms with van der Waals surface area (Å²) < 4.78 is 32.2. The summed E-state index contributed by atoms with van der Waals surface area (Å²) in [6.07, 6.45) is -5.09. The summed E-state index contributed by atoms with van der Waals surface area (Å²) in [5, 5.41) is 42.2. The molecule has 3 fully saturated rings. The van der Waals surface area contributed by atoms with Crippen molar-refractivity contribution in [1.82, 2.24) is 4.90 Å². The van der Waals surface area contributed by atoms with Crippen LogP contribution in [-0.4, -0.2) is 144 Å². The summed E-state index contributed by atoms with van der Waals surface area (Å²) in [6.45, 7) is 11.1. The van der Waals surface area contributed by atoms with Crippen molar-refractivity contribution in [3.63, 3.8) is 0 Å². The summed E-state index contributed by atoms with van der Waals surface area (Å²) in [7, 11) is 3.71. The van der Waals surface area contributed by atoms with Crippen LogP contribution in [0, 0.1) is 17.8 Å². The van der Waals surface area contributed by atoms with Crippen LogP contribution >= 0.6 is 0 Å². The molecule has 0 aromatic heterocycles. The van der Waals surface area contributed by atoms with E-state index in [1.54, 1.807) is 45.0 Å². The summed E-state index contributed by atoms with van der Waals surface area (Å²) in [5.74, 6) is -4.68. The van der Waals surface area contributed by atoms with Gasteiger partial charge in [-0.15, -0.1) is 0 Å². The largest absolute Gasteiger partial charge is 0.459 e. The number of cyclic esters (lactones) is 1. The van der Waals surface area contributed by atoms with Crippen LogP contribution in [-0.2, 0) is 49.6 Å². The smallest absolute Gasteiger partial charge is 0.316 e. The van der Waals surface area contributed by atoms with E-state index in [-0.39, 0.29) is 70.2 Å². The van der Waals surface area contributed by atoms with Crippen LogP contribution in [0.3, 0.4) is 0 Å². The lowest BCUT2D eigenvalue weighted by atomic mass is 9.76. The highest BCUT2D eigenvalue weighted by Gasteiger charge is 2.52. The maximum atomic E-state index is 14.4. The van der Waals surface area contributed by atoms with Gasteiger partial charge in [-0.05, 0) is 78.7 Å². The second-order valence-electron chi connectivity index (χ2n) is 16.4. The molecule has 4 rings (SSSR count). The van der Waals surface area contributed by atoms with Crippen molar-refractivity contribution in [2.75, 3.05) is 40.5 Å². The molecular formula is C41H64N4O13. The number of aliphatic hydroxyl groups excluding tert-OH is 2. The zero-order valence-electron chi connectivity index (χ0n) is 35.3. The molecule has 0 aliphatic carbocycles. The van der Waals surface area contributed by atoms with Gasteiger partial charge in [-0.3, -0.25) is 14.4 Å². The molecule has 1 amide bonds. The first kappa shape index (κ1) is 47.1. The highest BCUT2D eigenvalue weighted by molar-refractivity contribution is 6.00. The average Bonchev–Trinajstić information content (AvgIpc) is 3.20. The van der Waals surface area contributed by atoms with Gasteiger partial charge in [-0.1, -0.05) is 43.2 Å². The predicted molar refractivity (Wildman–Crippen MR) is 212 cm³/mol. The molecule has 326 valence electrons. The first-order valence-corrected chi connectivity index (χ1v) is 20.1. The topological polar surface area (TPSA) is 230 Å². The number of Topliss-reactive ketones (excluding diaryl/α,β-unsaturated/α-hetero) is 1. The fourth-order valence-corrected chi connectivity index (χ4v) is 7.92. The number of nitrogens with zero attached hydrogens (tertiary/aromatic N) is 3. The Kier molecular flexibility index (Phi) is 16.8. The number of carbonyl (C=O) groups is 3. The van der Waals surface area contributed by atoms with Crippen molar-refractivity contribution < 1.29 is 63.1 Å². The van der Waals surface area contributed by atoms with Gasteiger partial charge in [0, 0.05) is 29.9 Å². The van der Waals surface area contributed by atoms with Crippen molar-refractivity contribution in [3.8, 4) is 0 Å². The standard InChI is InChI=1S/C41H64N4O13/c1-10-32-41(7,51)33-18-30(44-54-16-15-46)23(2)19-40(6,53-22-29(21-52-33)43-55-20-27-11-13-28(14-12-27)37(42)49)36(25(4)34(47)26(5)38(50)57-32)58-39-35(48)31(45(8)9)17-24(3)56-39/h11-14,23-26,31-33,35-36,39,46,48,51H,10,15-22H2,1-9H3,(H2,42,49)/b43-29-,44-30-/t23-,24-,25+,26-,31+,32-,33-,35-,36-,39+,40-,41-/m1/s1. The molecule has 1 aromatic carbocycles. The number of aliphatic hydroxyl groups is 3. The number of hydrogen-bond acceptors (Lipinski definition) is 16. The molecule has 3 saturated heterocycles. The van der Waals surface area contributed by atoms with Crippen molar-refractivity contribution in [1.29, 1.82) is 0 Å². The Morgan fingerprint density at radius 1 is 1.05 bits per heavy atom. The number of fused-ring (bicyclic) bond motifs is 5. The van der Waals surface area contributed by atoms with E-state index >= 15 is 0 Å². The lowest BCUT2D eigenvalue weighted by molar-refractivity contribution is -0.296. The van der Waals surface area contributed by atoms with E-state index in [2.05, 4.69) is 10.3 Å². The van der Waals surface area contributed by atoms with E-state index in [4.69, 9.17) is 39.1 Å². The fourth-order valence-electron chi connectivity index (χ4n) is 7.92. The normalized spacial score (nSPS) is 37.1. The number of amides is 1. The first-order chi connectivity index (χ1) is 27.3. The zero-order chi connectivity index (χ0) is 42.9. The maximum Gasteiger partial charge on any atom is 0.316 e. The summed E-state index contributed by atoms with van der Waals surface area (Å²) in [5.41, 5.74) is 3.92. The summed E-state index contributed by atoms with van der Waals surface area (Å²) >= 11 is 0. The Labute approximate surface area is 341 Å². The summed E-state index contributed by atoms with van der Waals surface area (Å²) in [4.78, 5) is 53.0. The number of likely N-dealkylation sites (N-methyl/N-ethyl adjacent to an activating group) is 1. The van der Waals surface area contributed by atoms with E-state index in [0.717, 1.165) is 0 Å². The number of oxime groups is 2. The molecule has 3 heterocycles. The Hall–Kier alpha value is -3.55. The molecule has 5 N–H and O–H groups in total. The van der Waals surface area contributed by atoms with Crippen molar-refractivity contribution >= 4 is 29.1 Å². The highest BCUT2D eigenvalue weighted by Crippen LogP contribution is 2.39. The SMILES string of the molecule is CC[C@H]1OC(=O)[C@H](C)C(=O)[C@H](C)[C@@H](O[C@@H]2O[C@H](C)C[C@H](N(C)C)[C@H]2O)[C@@]2(C)C[C@@H](C)/C(=N\OCCO)C[C@@H](OC/C(=N/OCc3ccc(C(N)=O)cc3)CO2)[C@]1(C)O. The number of rotatable bonds is 11. The van der Waals surface area contributed by atoms with Gasteiger partial charge in [-0.25, -0.2) is 0 Å². The van der Waals surface area contributed by atoms with Gasteiger partial charge in [0.15, 0.2) is 12.1 Å². The zero-order valence-corrected chi connectivity index (χ0v) is 35.3. The van der Waals surface area contributed by atoms with E-state index in [9.17, 15) is 29.7 Å². The van der Waals surface area contributed by atoms with E-state index < -0.39 is 77.3 Å². The van der Waals surface area contributed by atoms with E-state index in [0.29, 0.717) is 23.3 Å². The molecule has 12 atom stereocenters. The minimum absolute atomic E-state index is 0.00782. The van der Waals surface area contributed by atoms with Gasteiger partial charge >= 0.3 is 5.97 Å². The number of carbonyl (C=O) groups excluding carboxylic acids is 3. The Bertz CT molecular complexity index is 1600. The second-order valence-corrected chi connectivity index (χ2v) is 16.4. The molecular weight excluding hydrogens is 756 g/mol. The average molecular weight is 821 g/mol. The number of ketones is 1. The lowest BCUT2D eigenvalue weighted by Crippen LogP contribution is -2.59. The number of esters is 1. The van der Waals surface area contributed by atoms with Crippen LogP contribution in [0.2, 0.25) is 0 Å². The molecule has 2 bridgehead atoms. The van der Waals surface area contributed by atoms with Crippen molar-refractivity contribution in [3.05, 3.63) is 35.4 Å². The molecule has 0 unspecified atom stereocenters. The number of nitrogens with two attached hydrogens (primary N) is 1. The molecule has 1 aromatic rings. The van der Waals surface area contributed by atoms with Gasteiger partial charge < -0.3 is 59.3 Å². The summed E-state index contributed by atoms with van der Waals surface area (Å²) in [6, 6.07) is 6.21. The van der Waals surface area contributed by atoms with Gasteiger partial charge in [0.2, 0.25) is 5.91 Å². The molecule has 17 nitrogen and oxygen atoms in total. The van der Waals surface area contributed by atoms with Crippen molar-refractivity contribution in [2.24, 2.45) is 33.8 Å². The molecule has 3 aliphatic heterocycles. The molecule has 0 saturated carbocycles. The van der Waals surface area contributed by atoms with Crippen LogP contribution in [0.15, 0.2) is 34.6 Å². The minimum atomic E-state index is -1.83. The van der Waals surface area contributed by atoms with Crippen LogP contribution in [0.25, 0.3) is 0 Å². The second kappa shape index (κ2) is 20.6. The van der Waals surface area contributed by atoms with Gasteiger partial charge in [0.1, 0.15) is 42.7 Å². The third-order valence-corrected chi connectivity index (χ3v) is 11.5. The van der Waals surface area contributed by atoms with Gasteiger partial charge in [0.25, 0.3) is 0 Å². The lowest BCUT2D eigenvalue weighted by Gasteiger charge is -2.47. The number of hydrogen-bond donors (Lipinski definition) is 4. The third-order valence-electron chi connectivity index (χ3n) is 11.5. The maximum absolute atomic E-state index is 14.4. The molecule has 17 heteroatoms. The monoisotopic (exact) mass is 820 g/mol. The van der Waals surface area contributed by atoms with E-state index in [1.165, 1.54) is 13.8 Å². The minimum Gasteiger partial charge on any atom is -0.459 e. The fraction of sp³-hybridized carbons (Fsp3) is 0.732. The Morgan fingerprint density at radius 3 is 2.36 bits per heavy atom. The number of primary amides is 1. The van der Waals surface area contributed by atoms with Crippen LogP contribution in [0.1, 0.15) is 90.1 Å². The Balaban J connectivity index is 1.88. The molecule has 3 aliphatic rings. The predicted octanol–water partition coefficient (Wildman–Crippen LogP) is 2.35. The quantitative estimate of drug-likeness (QED) is 0.109. The number of benzene rings is 1. The first-order valence-electron chi connectivity index (χ1n) is 20.1. The molecule has 58 heavy (non-hydrogen) atoms. The van der Waals surface area contributed by atoms with Gasteiger partial charge in [-0.2, -0.15) is 0 Å². The van der Waals surface area contributed by atoms with Crippen molar-refractivity contribution in [2.45, 2.75) is 135 Å². The Morgan fingerprint density at radius 2 is 1.74 bits per heavy atom. The number of ether oxygens (including phenoxy) is 5. The van der Waals surface area contributed by atoms with E-state index in [1.807, 2.05) is 32.8 Å². The van der Waals surface area contributed by atoms with Crippen LogP contribution in [0.5, 0.6) is 0 Å². The highest BCUT2D eigenvalue weighted by atomic mass is 16.7. The molecule has 0 spiro atoms. The van der Waals surface area contributed by atoms with Crippen LogP contribution < -0.4 is 5.73 Å². The van der Waals surface area contributed by atoms with Gasteiger partial charge in [0.05, 0.1) is 49.4 Å². The van der Waals surface area contributed by atoms with Crippen LogP contribution in [0.4, 0.5) is 0 Å².